The molecule has 0 saturated heterocycles. The third-order valence-corrected chi connectivity index (χ3v) is 1.47. The highest BCUT2D eigenvalue weighted by Crippen LogP contribution is 2.13. The van der Waals surface area contributed by atoms with E-state index in [0.717, 1.165) is 0 Å². The summed E-state index contributed by atoms with van der Waals surface area (Å²) in [5.41, 5.74) is 0. The molecule has 2 unspecified atom stereocenters. The van der Waals surface area contributed by atoms with E-state index in [4.69, 9.17) is 5.26 Å². The topological polar surface area (TPSA) is 36.1 Å². The SMILES string of the molecule is C=NC1C=CC=CC1C#N. The summed E-state index contributed by atoms with van der Waals surface area (Å²) in [4.78, 5) is 3.79. The predicted octanol–water partition coefficient (Wildman–Crippen LogP) is 1.32. The lowest BCUT2D eigenvalue weighted by Gasteiger charge is -2.11. The molecule has 0 heterocycles. The molecule has 0 spiro atoms. The molecule has 0 amide bonds. The van der Waals surface area contributed by atoms with Crippen molar-refractivity contribution in [2.24, 2.45) is 10.9 Å². The minimum Gasteiger partial charge on any atom is -0.292 e. The van der Waals surface area contributed by atoms with E-state index in [1.807, 2.05) is 24.3 Å². The molecule has 1 rings (SSSR count). The summed E-state index contributed by atoms with van der Waals surface area (Å²) in [6, 6.07) is 2.09. The highest BCUT2D eigenvalue weighted by Gasteiger charge is 2.14. The summed E-state index contributed by atoms with van der Waals surface area (Å²) in [5.74, 6) is -0.123. The minimum atomic E-state index is -0.123. The Bertz CT molecular complexity index is 220. The molecule has 50 valence electrons. The monoisotopic (exact) mass is 132 g/mol. The molecular formula is C8H8N2. The Balaban J connectivity index is 2.75. The van der Waals surface area contributed by atoms with Crippen LogP contribution in [0.3, 0.4) is 0 Å². The van der Waals surface area contributed by atoms with Crippen LogP contribution < -0.4 is 0 Å². The van der Waals surface area contributed by atoms with Gasteiger partial charge in [0.2, 0.25) is 0 Å². The smallest absolute Gasteiger partial charge is 0.0905 e. The van der Waals surface area contributed by atoms with E-state index in [0.29, 0.717) is 0 Å². The van der Waals surface area contributed by atoms with Crippen molar-refractivity contribution < 1.29 is 0 Å². The summed E-state index contributed by atoms with van der Waals surface area (Å²) in [6.45, 7) is 3.40. The minimum absolute atomic E-state index is 0.0463. The Kier molecular flexibility index (Phi) is 2.01. The first-order chi connectivity index (χ1) is 4.88. The van der Waals surface area contributed by atoms with Crippen LogP contribution in [0, 0.1) is 17.2 Å². The molecule has 0 aromatic carbocycles. The fraction of sp³-hybridized carbons (Fsp3) is 0.250. The normalized spacial score (nSPS) is 29.5. The number of nitriles is 1. The van der Waals surface area contributed by atoms with Crippen LogP contribution in [0.4, 0.5) is 0 Å². The van der Waals surface area contributed by atoms with E-state index in [2.05, 4.69) is 17.8 Å². The lowest BCUT2D eigenvalue weighted by atomic mass is 9.97. The largest absolute Gasteiger partial charge is 0.292 e. The lowest BCUT2D eigenvalue weighted by molar-refractivity contribution is 0.703. The lowest BCUT2D eigenvalue weighted by Crippen LogP contribution is -2.13. The van der Waals surface area contributed by atoms with E-state index >= 15 is 0 Å². The van der Waals surface area contributed by atoms with Gasteiger partial charge in [-0.05, 0) is 6.72 Å². The van der Waals surface area contributed by atoms with Crippen LogP contribution in [-0.2, 0) is 0 Å². The Labute approximate surface area is 60.2 Å². The third kappa shape index (κ3) is 1.14. The van der Waals surface area contributed by atoms with Gasteiger partial charge in [-0.3, -0.25) is 4.99 Å². The van der Waals surface area contributed by atoms with Gasteiger partial charge in [0, 0.05) is 0 Å². The van der Waals surface area contributed by atoms with Gasteiger partial charge in [-0.25, -0.2) is 0 Å². The van der Waals surface area contributed by atoms with Gasteiger partial charge >= 0.3 is 0 Å². The van der Waals surface area contributed by atoms with Crippen LogP contribution in [0.1, 0.15) is 0 Å². The van der Waals surface area contributed by atoms with Crippen LogP contribution in [0.15, 0.2) is 29.3 Å². The maximum atomic E-state index is 8.57. The van der Waals surface area contributed by atoms with Crippen LogP contribution in [0.5, 0.6) is 0 Å². The molecule has 2 atom stereocenters. The number of allylic oxidation sites excluding steroid dienone is 2. The standard InChI is InChI=1S/C8H8N2/c1-10-8-5-3-2-4-7(8)6-9/h2-5,7-8H,1H2. The van der Waals surface area contributed by atoms with Crippen molar-refractivity contribution >= 4 is 6.72 Å². The Morgan fingerprint density at radius 3 is 2.60 bits per heavy atom. The molecule has 10 heavy (non-hydrogen) atoms. The molecule has 0 radical (unpaired) electrons. The first-order valence-corrected chi connectivity index (χ1v) is 3.09. The molecule has 1 aliphatic rings. The highest BCUT2D eigenvalue weighted by molar-refractivity contribution is 5.30. The van der Waals surface area contributed by atoms with Crippen molar-refractivity contribution in [2.45, 2.75) is 6.04 Å². The van der Waals surface area contributed by atoms with Gasteiger partial charge in [0.25, 0.3) is 0 Å². The van der Waals surface area contributed by atoms with Crippen LogP contribution in [0.2, 0.25) is 0 Å². The van der Waals surface area contributed by atoms with E-state index in [1.54, 1.807) is 0 Å². The molecule has 0 aromatic rings. The Morgan fingerprint density at radius 2 is 2.10 bits per heavy atom. The Morgan fingerprint density at radius 1 is 1.40 bits per heavy atom. The molecule has 1 aliphatic carbocycles. The van der Waals surface area contributed by atoms with Crippen LogP contribution >= 0.6 is 0 Å². The molecule has 0 saturated carbocycles. The number of hydrogen-bond donors (Lipinski definition) is 0. The maximum Gasteiger partial charge on any atom is 0.0905 e. The van der Waals surface area contributed by atoms with Gasteiger partial charge in [0.1, 0.15) is 0 Å². The molecule has 0 fully saturated rings. The molecule has 0 aromatic heterocycles. The van der Waals surface area contributed by atoms with E-state index in [1.165, 1.54) is 0 Å². The van der Waals surface area contributed by atoms with Crippen molar-refractivity contribution in [1.29, 1.82) is 5.26 Å². The van der Waals surface area contributed by atoms with Crippen molar-refractivity contribution in [3.05, 3.63) is 24.3 Å². The second-order valence-corrected chi connectivity index (χ2v) is 2.10. The van der Waals surface area contributed by atoms with Gasteiger partial charge in [-0.1, -0.05) is 24.3 Å². The number of nitrogens with zero attached hydrogens (tertiary/aromatic N) is 2. The zero-order chi connectivity index (χ0) is 7.40. The average molecular weight is 132 g/mol. The molecule has 0 N–H and O–H groups in total. The number of aliphatic imine (C=N–C) groups is 1. The quantitative estimate of drug-likeness (QED) is 0.495. The van der Waals surface area contributed by atoms with Gasteiger partial charge < -0.3 is 0 Å². The number of hydrogen-bond acceptors (Lipinski definition) is 2. The van der Waals surface area contributed by atoms with Crippen LogP contribution in [0.25, 0.3) is 0 Å². The third-order valence-electron chi connectivity index (χ3n) is 1.47. The highest BCUT2D eigenvalue weighted by atomic mass is 14.7. The van der Waals surface area contributed by atoms with Gasteiger partial charge in [0.15, 0.2) is 0 Å². The van der Waals surface area contributed by atoms with E-state index in [9.17, 15) is 0 Å². The van der Waals surface area contributed by atoms with Crippen LogP contribution in [-0.4, -0.2) is 12.8 Å². The number of rotatable bonds is 1. The molecule has 2 heteroatoms. The maximum absolute atomic E-state index is 8.57. The van der Waals surface area contributed by atoms with E-state index in [-0.39, 0.29) is 12.0 Å². The summed E-state index contributed by atoms with van der Waals surface area (Å²) < 4.78 is 0. The van der Waals surface area contributed by atoms with Crippen molar-refractivity contribution in [2.75, 3.05) is 0 Å². The average Bonchev–Trinajstić information content (AvgIpc) is 2.04. The second kappa shape index (κ2) is 2.98. The predicted molar refractivity (Wildman–Crippen MR) is 40.7 cm³/mol. The first-order valence-electron chi connectivity index (χ1n) is 3.09. The van der Waals surface area contributed by atoms with Gasteiger partial charge in [0.05, 0.1) is 18.0 Å². The fourth-order valence-electron chi connectivity index (χ4n) is 0.889. The molecule has 2 nitrogen and oxygen atoms in total. The summed E-state index contributed by atoms with van der Waals surface area (Å²) in [6.07, 6.45) is 7.45. The van der Waals surface area contributed by atoms with Gasteiger partial charge in [-0.15, -0.1) is 0 Å². The molecule has 0 bridgehead atoms. The Hall–Kier alpha value is -1.36. The summed E-state index contributed by atoms with van der Waals surface area (Å²) in [7, 11) is 0. The van der Waals surface area contributed by atoms with E-state index < -0.39 is 0 Å². The van der Waals surface area contributed by atoms with Crippen molar-refractivity contribution in [3.63, 3.8) is 0 Å². The molecule has 0 aliphatic heterocycles. The second-order valence-electron chi connectivity index (χ2n) is 2.10. The van der Waals surface area contributed by atoms with Crippen molar-refractivity contribution in [1.82, 2.24) is 0 Å². The fourth-order valence-corrected chi connectivity index (χ4v) is 0.889. The van der Waals surface area contributed by atoms with Crippen molar-refractivity contribution in [3.8, 4) is 6.07 Å². The summed E-state index contributed by atoms with van der Waals surface area (Å²) >= 11 is 0. The zero-order valence-corrected chi connectivity index (χ0v) is 5.57. The molecular weight excluding hydrogens is 124 g/mol. The van der Waals surface area contributed by atoms with Gasteiger partial charge in [-0.2, -0.15) is 5.26 Å². The summed E-state index contributed by atoms with van der Waals surface area (Å²) in [5, 5.41) is 8.57. The zero-order valence-electron chi connectivity index (χ0n) is 5.57. The first kappa shape index (κ1) is 6.76.